The second-order valence-corrected chi connectivity index (χ2v) is 3.67. The van der Waals surface area contributed by atoms with E-state index in [1.807, 2.05) is 0 Å². The number of hydrogen-bond donors (Lipinski definition) is 1. The zero-order valence-corrected chi connectivity index (χ0v) is 10.5. The Morgan fingerprint density at radius 3 is 2.78 bits per heavy atom. The number of nitrogen functional groups attached to an aromatic ring is 1. The smallest absolute Gasteiger partial charge is 0.464 e. The highest BCUT2D eigenvalue weighted by atomic mass is 32.1. The van der Waals surface area contributed by atoms with Crippen molar-refractivity contribution in [1.82, 2.24) is 4.98 Å². The van der Waals surface area contributed by atoms with Gasteiger partial charge in [0.25, 0.3) is 0 Å². The van der Waals surface area contributed by atoms with E-state index in [-0.39, 0.29) is 23.1 Å². The molecule has 0 fully saturated rings. The summed E-state index contributed by atoms with van der Waals surface area (Å²) in [6.45, 7) is 1.74. The fourth-order valence-corrected chi connectivity index (χ4v) is 1.46. The van der Waals surface area contributed by atoms with E-state index in [0.29, 0.717) is 0 Å². The minimum atomic E-state index is -1.03. The number of hydrogen-bond acceptors (Lipinski definition) is 9. The predicted molar refractivity (Wildman–Crippen MR) is 63.2 cm³/mol. The number of nitrogens with zero attached hydrogens (tertiary/aromatic N) is 2. The van der Waals surface area contributed by atoms with Crippen LogP contribution in [0.5, 0.6) is 0 Å². The molecule has 0 aliphatic rings. The van der Waals surface area contributed by atoms with Gasteiger partial charge in [-0.1, -0.05) is 5.16 Å². The van der Waals surface area contributed by atoms with Crippen molar-refractivity contribution in [2.24, 2.45) is 5.16 Å². The van der Waals surface area contributed by atoms with Crippen LogP contribution in [0.3, 0.4) is 0 Å². The van der Waals surface area contributed by atoms with Crippen LogP contribution < -0.4 is 5.73 Å². The van der Waals surface area contributed by atoms with Crippen LogP contribution in [0.25, 0.3) is 0 Å². The molecule has 1 aromatic heterocycles. The summed E-state index contributed by atoms with van der Waals surface area (Å²) < 4.78 is 8.97. The Morgan fingerprint density at radius 1 is 1.56 bits per heavy atom. The number of oxime groups is 1. The molecular formula is C9H11N3O5S. The summed E-state index contributed by atoms with van der Waals surface area (Å²) in [6.07, 6.45) is -1.03. The van der Waals surface area contributed by atoms with Gasteiger partial charge in [0.05, 0.1) is 13.7 Å². The van der Waals surface area contributed by atoms with Crippen LogP contribution in [0.1, 0.15) is 12.6 Å². The second-order valence-electron chi connectivity index (χ2n) is 2.78. The Hall–Kier alpha value is -2.16. The SMILES string of the molecule is CCOC(=O)ON=C(C(=O)OC)c1csc(N)n1. The predicted octanol–water partition coefficient (Wildman–Crippen LogP) is 0.776. The summed E-state index contributed by atoms with van der Waals surface area (Å²) in [4.78, 5) is 30.6. The van der Waals surface area contributed by atoms with E-state index in [9.17, 15) is 9.59 Å². The van der Waals surface area contributed by atoms with Crippen molar-refractivity contribution in [3.8, 4) is 0 Å². The van der Waals surface area contributed by atoms with Crippen LogP contribution in [0.15, 0.2) is 10.5 Å². The lowest BCUT2D eigenvalue weighted by molar-refractivity contribution is -0.132. The van der Waals surface area contributed by atoms with E-state index >= 15 is 0 Å². The van der Waals surface area contributed by atoms with Crippen molar-refractivity contribution in [3.63, 3.8) is 0 Å². The number of rotatable bonds is 4. The molecule has 9 heteroatoms. The van der Waals surface area contributed by atoms with Gasteiger partial charge in [0.15, 0.2) is 5.13 Å². The standard InChI is InChI=1S/C9H11N3O5S/c1-3-16-9(14)17-12-6(7(13)15-2)5-4-18-8(10)11-5/h4H,3H2,1-2H3,(H2,10,11). The zero-order valence-electron chi connectivity index (χ0n) is 9.71. The molecule has 0 bridgehead atoms. The number of anilines is 1. The lowest BCUT2D eigenvalue weighted by atomic mass is 10.3. The molecule has 1 heterocycles. The van der Waals surface area contributed by atoms with E-state index in [0.717, 1.165) is 18.4 Å². The third-order valence-corrected chi connectivity index (χ3v) is 2.29. The first-order valence-electron chi connectivity index (χ1n) is 4.80. The molecule has 0 saturated carbocycles. The van der Waals surface area contributed by atoms with Gasteiger partial charge in [-0.3, -0.25) is 4.84 Å². The van der Waals surface area contributed by atoms with Gasteiger partial charge in [0.1, 0.15) is 5.69 Å². The number of carbonyl (C=O) groups is 2. The maximum atomic E-state index is 11.4. The molecule has 0 spiro atoms. The van der Waals surface area contributed by atoms with Crippen molar-refractivity contribution in [1.29, 1.82) is 0 Å². The summed E-state index contributed by atoms with van der Waals surface area (Å²) in [7, 11) is 1.16. The number of aromatic nitrogens is 1. The third-order valence-electron chi connectivity index (χ3n) is 1.62. The fourth-order valence-electron chi connectivity index (χ4n) is 0.909. The molecule has 8 nitrogen and oxygen atoms in total. The van der Waals surface area contributed by atoms with Crippen molar-refractivity contribution in [2.45, 2.75) is 6.92 Å². The number of thiazole rings is 1. The van der Waals surface area contributed by atoms with Gasteiger partial charge in [0, 0.05) is 5.38 Å². The molecule has 18 heavy (non-hydrogen) atoms. The van der Waals surface area contributed by atoms with E-state index in [1.54, 1.807) is 6.92 Å². The molecule has 0 unspecified atom stereocenters. The number of nitrogens with two attached hydrogens (primary N) is 1. The zero-order chi connectivity index (χ0) is 13.5. The van der Waals surface area contributed by atoms with E-state index in [2.05, 4.69) is 24.5 Å². The molecule has 0 atom stereocenters. The van der Waals surface area contributed by atoms with Crippen LogP contribution in [0.2, 0.25) is 0 Å². The Balaban J connectivity index is 2.88. The van der Waals surface area contributed by atoms with Crippen LogP contribution in [-0.2, 0) is 19.1 Å². The van der Waals surface area contributed by atoms with Crippen LogP contribution in [0.4, 0.5) is 9.93 Å². The van der Waals surface area contributed by atoms with E-state index < -0.39 is 12.1 Å². The molecule has 98 valence electrons. The molecule has 2 N–H and O–H groups in total. The molecule has 0 amide bonds. The van der Waals surface area contributed by atoms with Crippen molar-refractivity contribution in [3.05, 3.63) is 11.1 Å². The normalized spacial score (nSPS) is 10.9. The van der Waals surface area contributed by atoms with E-state index in [4.69, 9.17) is 5.73 Å². The average Bonchev–Trinajstić information content (AvgIpc) is 2.76. The van der Waals surface area contributed by atoms with Gasteiger partial charge in [0.2, 0.25) is 5.71 Å². The molecule has 0 aliphatic heterocycles. The van der Waals surface area contributed by atoms with Crippen LogP contribution in [0, 0.1) is 0 Å². The summed E-state index contributed by atoms with van der Waals surface area (Å²) in [5.41, 5.74) is 5.33. The lowest BCUT2D eigenvalue weighted by Gasteiger charge is -2.01. The summed E-state index contributed by atoms with van der Waals surface area (Å²) in [5.74, 6) is -0.801. The van der Waals surface area contributed by atoms with Gasteiger partial charge in [-0.05, 0) is 6.92 Å². The molecule has 1 rings (SSSR count). The number of carbonyl (C=O) groups excluding carboxylic acids is 2. The third kappa shape index (κ3) is 3.70. The molecule has 0 aliphatic carbocycles. The van der Waals surface area contributed by atoms with Crippen molar-refractivity contribution in [2.75, 3.05) is 19.5 Å². The fraction of sp³-hybridized carbons (Fsp3) is 0.333. The number of esters is 1. The summed E-state index contributed by atoms with van der Waals surface area (Å²) >= 11 is 1.11. The molecule has 1 aromatic rings. The maximum Gasteiger partial charge on any atom is 0.535 e. The van der Waals surface area contributed by atoms with Crippen molar-refractivity contribution >= 4 is 34.3 Å². The van der Waals surface area contributed by atoms with Gasteiger partial charge < -0.3 is 15.2 Å². The van der Waals surface area contributed by atoms with Gasteiger partial charge in [-0.25, -0.2) is 14.6 Å². The summed E-state index contributed by atoms with van der Waals surface area (Å²) in [6, 6.07) is 0. The molecule has 0 radical (unpaired) electrons. The Bertz CT molecular complexity index is 471. The Morgan fingerprint density at radius 2 is 2.28 bits per heavy atom. The highest BCUT2D eigenvalue weighted by molar-refractivity contribution is 7.13. The first kappa shape index (κ1) is 13.9. The van der Waals surface area contributed by atoms with Gasteiger partial charge in [-0.15, -0.1) is 11.3 Å². The monoisotopic (exact) mass is 273 g/mol. The largest absolute Gasteiger partial charge is 0.535 e. The molecule has 0 saturated heterocycles. The lowest BCUT2D eigenvalue weighted by Crippen LogP contribution is -2.19. The van der Waals surface area contributed by atoms with Gasteiger partial charge >= 0.3 is 12.1 Å². The Labute approximate surface area is 106 Å². The topological polar surface area (TPSA) is 113 Å². The van der Waals surface area contributed by atoms with E-state index in [1.165, 1.54) is 5.38 Å². The first-order chi connectivity index (χ1) is 8.58. The molecular weight excluding hydrogens is 262 g/mol. The number of methoxy groups -OCH3 is 1. The highest BCUT2D eigenvalue weighted by Crippen LogP contribution is 2.13. The van der Waals surface area contributed by atoms with Crippen LogP contribution in [-0.4, -0.2) is 36.5 Å². The maximum absolute atomic E-state index is 11.4. The summed E-state index contributed by atoms with van der Waals surface area (Å²) in [5, 5.41) is 5.09. The van der Waals surface area contributed by atoms with Crippen molar-refractivity contribution < 1.29 is 23.9 Å². The van der Waals surface area contributed by atoms with Crippen LogP contribution >= 0.6 is 11.3 Å². The molecule has 0 aromatic carbocycles. The highest BCUT2D eigenvalue weighted by Gasteiger charge is 2.19. The second kappa shape index (κ2) is 6.55. The first-order valence-corrected chi connectivity index (χ1v) is 5.67. The Kier molecular flexibility index (Phi) is 5.06. The quantitative estimate of drug-likeness (QED) is 0.373. The minimum Gasteiger partial charge on any atom is -0.464 e. The van der Waals surface area contributed by atoms with Gasteiger partial charge in [-0.2, -0.15) is 0 Å². The number of ether oxygens (including phenoxy) is 2. The average molecular weight is 273 g/mol. The minimum absolute atomic E-state index is 0.131.